The fourth-order valence-electron chi connectivity index (χ4n) is 2.18. The van der Waals surface area contributed by atoms with E-state index in [1.54, 1.807) is 18.4 Å². The van der Waals surface area contributed by atoms with Crippen molar-refractivity contribution in [1.29, 1.82) is 0 Å². The van der Waals surface area contributed by atoms with Gasteiger partial charge >= 0.3 is 0 Å². The van der Waals surface area contributed by atoms with Gasteiger partial charge in [0.05, 0.1) is 6.26 Å². The lowest BCUT2D eigenvalue weighted by Gasteiger charge is -2.12. The molecule has 0 atom stereocenters. The molecule has 0 fully saturated rings. The van der Waals surface area contributed by atoms with Gasteiger partial charge in [-0.1, -0.05) is 12.1 Å². The molecule has 3 aromatic rings. The number of hydrogen-bond acceptors (Lipinski definition) is 4. The molecule has 0 aliphatic carbocycles. The zero-order valence-electron chi connectivity index (χ0n) is 13.0. The summed E-state index contributed by atoms with van der Waals surface area (Å²) < 4.78 is 5.27. The Balaban J connectivity index is 1.61. The van der Waals surface area contributed by atoms with Crippen LogP contribution >= 0.6 is 0 Å². The Morgan fingerprint density at radius 1 is 1.26 bits per heavy atom. The van der Waals surface area contributed by atoms with Crippen LogP contribution in [-0.4, -0.2) is 30.2 Å². The van der Waals surface area contributed by atoms with Crippen molar-refractivity contribution in [3.05, 3.63) is 60.0 Å². The number of aromatic nitrogens is 2. The summed E-state index contributed by atoms with van der Waals surface area (Å²) >= 11 is 0. The first-order valence-electron chi connectivity index (χ1n) is 7.27. The maximum atomic E-state index is 12.1. The normalized spacial score (nSPS) is 10.5. The van der Waals surface area contributed by atoms with Crippen molar-refractivity contribution in [2.24, 2.45) is 0 Å². The van der Waals surface area contributed by atoms with Crippen molar-refractivity contribution >= 4 is 11.6 Å². The number of benzene rings is 1. The summed E-state index contributed by atoms with van der Waals surface area (Å²) in [6.07, 6.45) is 1.58. The van der Waals surface area contributed by atoms with Crippen molar-refractivity contribution in [3.63, 3.8) is 0 Å². The number of nitrogens with one attached hydrogen (secondary N) is 2. The van der Waals surface area contributed by atoms with Gasteiger partial charge in [-0.3, -0.25) is 9.89 Å². The molecule has 23 heavy (non-hydrogen) atoms. The highest BCUT2D eigenvalue weighted by Crippen LogP contribution is 2.18. The van der Waals surface area contributed by atoms with Crippen LogP contribution < -0.4 is 10.2 Å². The Kier molecular flexibility index (Phi) is 4.14. The molecule has 0 aliphatic heterocycles. The number of H-pyrrole nitrogens is 1. The predicted molar refractivity (Wildman–Crippen MR) is 88.2 cm³/mol. The van der Waals surface area contributed by atoms with Crippen LogP contribution in [0.1, 0.15) is 16.1 Å². The van der Waals surface area contributed by atoms with E-state index < -0.39 is 0 Å². The quantitative estimate of drug-likeness (QED) is 0.760. The van der Waals surface area contributed by atoms with Crippen molar-refractivity contribution in [1.82, 2.24) is 15.5 Å². The van der Waals surface area contributed by atoms with E-state index in [0.717, 1.165) is 11.3 Å². The van der Waals surface area contributed by atoms with E-state index in [1.165, 1.54) is 0 Å². The van der Waals surface area contributed by atoms with Gasteiger partial charge in [0, 0.05) is 32.4 Å². The Morgan fingerprint density at radius 3 is 2.70 bits per heavy atom. The number of hydrogen-bond donors (Lipinski definition) is 2. The summed E-state index contributed by atoms with van der Waals surface area (Å²) in [5.74, 6) is 0.423. The molecule has 118 valence electrons. The van der Waals surface area contributed by atoms with Crippen LogP contribution in [0.3, 0.4) is 0 Å². The van der Waals surface area contributed by atoms with E-state index in [-0.39, 0.29) is 5.91 Å². The molecule has 6 nitrogen and oxygen atoms in total. The SMILES string of the molecule is CN(C)c1ccc(CNC(=O)c2cc(-c3ccco3)[nH]n2)cc1. The van der Waals surface area contributed by atoms with Crippen molar-refractivity contribution in [2.75, 3.05) is 19.0 Å². The van der Waals surface area contributed by atoms with E-state index in [4.69, 9.17) is 4.42 Å². The average molecular weight is 310 g/mol. The van der Waals surface area contributed by atoms with E-state index in [0.29, 0.717) is 23.7 Å². The molecular weight excluding hydrogens is 292 g/mol. The predicted octanol–water partition coefficient (Wildman–Crippen LogP) is 2.67. The van der Waals surface area contributed by atoms with Crippen LogP contribution in [0.25, 0.3) is 11.5 Å². The number of aromatic amines is 1. The number of rotatable bonds is 5. The number of anilines is 1. The molecule has 2 heterocycles. The third-order valence-electron chi connectivity index (χ3n) is 3.50. The summed E-state index contributed by atoms with van der Waals surface area (Å²) in [5.41, 5.74) is 3.16. The smallest absolute Gasteiger partial charge is 0.272 e. The summed E-state index contributed by atoms with van der Waals surface area (Å²) in [6.45, 7) is 0.454. The topological polar surface area (TPSA) is 74.2 Å². The fourth-order valence-corrected chi connectivity index (χ4v) is 2.18. The Hall–Kier alpha value is -3.02. The lowest BCUT2D eigenvalue weighted by molar-refractivity contribution is 0.0946. The van der Waals surface area contributed by atoms with Gasteiger partial charge in [0.1, 0.15) is 5.69 Å². The van der Waals surface area contributed by atoms with Gasteiger partial charge in [-0.25, -0.2) is 0 Å². The minimum atomic E-state index is -0.226. The molecule has 2 N–H and O–H groups in total. The molecule has 6 heteroatoms. The third kappa shape index (κ3) is 3.42. The fraction of sp³-hybridized carbons (Fsp3) is 0.176. The van der Waals surface area contributed by atoms with Crippen molar-refractivity contribution < 1.29 is 9.21 Å². The first kappa shape index (κ1) is 14.9. The molecule has 0 unspecified atom stereocenters. The third-order valence-corrected chi connectivity index (χ3v) is 3.50. The van der Waals surface area contributed by atoms with Crippen LogP contribution in [0.4, 0.5) is 5.69 Å². The van der Waals surface area contributed by atoms with Crippen LogP contribution in [0.2, 0.25) is 0 Å². The minimum Gasteiger partial charge on any atom is -0.463 e. The highest BCUT2D eigenvalue weighted by atomic mass is 16.3. The zero-order chi connectivity index (χ0) is 16.2. The van der Waals surface area contributed by atoms with Gasteiger partial charge in [-0.15, -0.1) is 0 Å². The molecule has 0 saturated heterocycles. The number of amides is 1. The summed E-state index contributed by atoms with van der Waals surface area (Å²) in [4.78, 5) is 14.2. The highest BCUT2D eigenvalue weighted by molar-refractivity contribution is 5.93. The summed E-state index contributed by atoms with van der Waals surface area (Å²) in [6, 6.07) is 13.3. The number of furan rings is 1. The Bertz CT molecular complexity index is 773. The molecular formula is C17H18N4O2. The number of carbonyl (C=O) groups is 1. The van der Waals surface area contributed by atoms with Gasteiger partial charge in [0.25, 0.3) is 5.91 Å². The van der Waals surface area contributed by atoms with Gasteiger partial charge in [-0.2, -0.15) is 5.10 Å². The van der Waals surface area contributed by atoms with Gasteiger partial charge in [-0.05, 0) is 29.8 Å². The Labute approximate surface area is 134 Å². The summed E-state index contributed by atoms with van der Waals surface area (Å²) in [7, 11) is 3.98. The van der Waals surface area contributed by atoms with Gasteiger partial charge in [0.2, 0.25) is 0 Å². The molecule has 0 bridgehead atoms. The Morgan fingerprint density at radius 2 is 2.04 bits per heavy atom. The van der Waals surface area contributed by atoms with E-state index in [1.807, 2.05) is 49.3 Å². The second kappa shape index (κ2) is 6.39. The van der Waals surface area contributed by atoms with Gasteiger partial charge < -0.3 is 14.6 Å². The summed E-state index contributed by atoms with van der Waals surface area (Å²) in [5, 5.41) is 9.67. The lowest BCUT2D eigenvalue weighted by Crippen LogP contribution is -2.23. The first-order chi connectivity index (χ1) is 11.1. The molecule has 0 saturated carbocycles. The first-order valence-corrected chi connectivity index (χ1v) is 7.27. The van der Waals surface area contributed by atoms with Gasteiger partial charge in [0.15, 0.2) is 11.5 Å². The lowest BCUT2D eigenvalue weighted by atomic mass is 10.2. The second-order valence-corrected chi connectivity index (χ2v) is 5.39. The van der Waals surface area contributed by atoms with Crippen LogP contribution in [0, 0.1) is 0 Å². The van der Waals surface area contributed by atoms with E-state index in [2.05, 4.69) is 15.5 Å². The number of carbonyl (C=O) groups excluding carboxylic acids is 1. The minimum absolute atomic E-state index is 0.226. The van der Waals surface area contributed by atoms with E-state index >= 15 is 0 Å². The van der Waals surface area contributed by atoms with E-state index in [9.17, 15) is 4.79 Å². The molecule has 3 rings (SSSR count). The number of nitrogens with zero attached hydrogens (tertiary/aromatic N) is 2. The van der Waals surface area contributed by atoms with Crippen molar-refractivity contribution in [2.45, 2.75) is 6.54 Å². The second-order valence-electron chi connectivity index (χ2n) is 5.39. The average Bonchev–Trinajstić information content (AvgIpc) is 3.23. The van der Waals surface area contributed by atoms with Crippen molar-refractivity contribution in [3.8, 4) is 11.5 Å². The monoisotopic (exact) mass is 310 g/mol. The molecule has 0 spiro atoms. The molecule has 0 radical (unpaired) electrons. The van der Waals surface area contributed by atoms with Crippen LogP contribution in [-0.2, 0) is 6.54 Å². The van der Waals surface area contributed by atoms with Crippen LogP contribution in [0.15, 0.2) is 53.1 Å². The molecule has 2 aromatic heterocycles. The standard InChI is InChI=1S/C17H18N4O2/c1-21(2)13-7-5-12(6-8-13)11-18-17(22)15-10-14(19-20-15)16-4-3-9-23-16/h3-10H,11H2,1-2H3,(H,18,22)(H,19,20). The molecule has 1 amide bonds. The maximum absolute atomic E-state index is 12.1. The highest BCUT2D eigenvalue weighted by Gasteiger charge is 2.12. The molecule has 1 aromatic carbocycles. The largest absolute Gasteiger partial charge is 0.463 e. The zero-order valence-corrected chi connectivity index (χ0v) is 13.0. The molecule has 0 aliphatic rings. The maximum Gasteiger partial charge on any atom is 0.272 e. The van der Waals surface area contributed by atoms with Crippen LogP contribution in [0.5, 0.6) is 0 Å².